The van der Waals surface area contributed by atoms with E-state index in [9.17, 15) is 4.79 Å². The molecule has 1 amide bonds. The molecule has 0 aliphatic carbocycles. The van der Waals surface area contributed by atoms with E-state index in [0.29, 0.717) is 13.2 Å². The van der Waals surface area contributed by atoms with Crippen LogP contribution in [0.4, 0.5) is 5.69 Å². The molecule has 0 atom stereocenters. The van der Waals surface area contributed by atoms with E-state index in [-0.39, 0.29) is 5.91 Å². The minimum atomic E-state index is -0.227. The van der Waals surface area contributed by atoms with Gasteiger partial charge in [-0.15, -0.1) is 0 Å². The summed E-state index contributed by atoms with van der Waals surface area (Å²) in [7, 11) is 1.41. The van der Waals surface area contributed by atoms with Crippen LogP contribution in [0.15, 0.2) is 53.7 Å². The molecule has 0 aromatic heterocycles. The first-order chi connectivity index (χ1) is 13.2. The summed E-state index contributed by atoms with van der Waals surface area (Å²) in [6, 6.07) is 15.9. The zero-order valence-electron chi connectivity index (χ0n) is 16.4. The Kier molecular flexibility index (Phi) is 8.36. The molecule has 0 unspecified atom stereocenters. The number of amides is 1. The summed E-state index contributed by atoms with van der Waals surface area (Å²) in [4.78, 5) is 18.7. The van der Waals surface area contributed by atoms with Gasteiger partial charge in [-0.2, -0.15) is 0 Å². The van der Waals surface area contributed by atoms with E-state index < -0.39 is 0 Å². The standard InChI is InChI=1S/C22H28N2O3/c1-4-6-11-18-12-8-10-15-21(18)27-17-19-13-7-9-14-20(19)24(5-2)22(25)16-23-26-3/h7-10,12-16H,4-6,11,17H2,1-3H3. The van der Waals surface area contributed by atoms with Gasteiger partial charge in [0.05, 0.1) is 5.69 Å². The van der Waals surface area contributed by atoms with Crippen molar-refractivity contribution in [3.05, 3.63) is 59.7 Å². The monoisotopic (exact) mass is 368 g/mol. The van der Waals surface area contributed by atoms with Gasteiger partial charge in [-0.25, -0.2) is 0 Å². The summed E-state index contributed by atoms with van der Waals surface area (Å²) in [5, 5.41) is 3.58. The second-order valence-corrected chi connectivity index (χ2v) is 6.13. The maximum absolute atomic E-state index is 12.4. The number of carbonyl (C=O) groups is 1. The molecule has 27 heavy (non-hydrogen) atoms. The van der Waals surface area contributed by atoms with Crippen molar-refractivity contribution in [3.8, 4) is 5.75 Å². The number of carbonyl (C=O) groups excluding carboxylic acids is 1. The Hall–Kier alpha value is -2.82. The fraction of sp³-hybridized carbons (Fsp3) is 0.364. The van der Waals surface area contributed by atoms with Crippen LogP contribution in [-0.2, 0) is 22.7 Å². The number of nitrogens with zero attached hydrogens (tertiary/aromatic N) is 2. The van der Waals surface area contributed by atoms with Crippen molar-refractivity contribution in [2.24, 2.45) is 5.16 Å². The van der Waals surface area contributed by atoms with Crippen molar-refractivity contribution in [1.82, 2.24) is 0 Å². The number of hydrogen-bond acceptors (Lipinski definition) is 4. The normalized spacial score (nSPS) is 10.8. The fourth-order valence-electron chi connectivity index (χ4n) is 2.88. The summed E-state index contributed by atoms with van der Waals surface area (Å²) in [6.07, 6.45) is 4.46. The van der Waals surface area contributed by atoms with Crippen molar-refractivity contribution in [2.75, 3.05) is 18.6 Å². The van der Waals surface area contributed by atoms with Crippen LogP contribution in [0, 0.1) is 0 Å². The predicted octanol–water partition coefficient (Wildman–Crippen LogP) is 4.59. The van der Waals surface area contributed by atoms with Crippen LogP contribution in [0.3, 0.4) is 0 Å². The number of para-hydroxylation sites is 2. The van der Waals surface area contributed by atoms with Crippen LogP contribution in [0.1, 0.15) is 37.8 Å². The predicted molar refractivity (Wildman–Crippen MR) is 109 cm³/mol. The highest BCUT2D eigenvalue weighted by Gasteiger charge is 2.16. The van der Waals surface area contributed by atoms with Gasteiger partial charge in [0.25, 0.3) is 5.91 Å². The summed E-state index contributed by atoms with van der Waals surface area (Å²) < 4.78 is 6.12. The Morgan fingerprint density at radius 3 is 2.48 bits per heavy atom. The topological polar surface area (TPSA) is 51.1 Å². The van der Waals surface area contributed by atoms with Gasteiger partial charge in [-0.3, -0.25) is 4.79 Å². The van der Waals surface area contributed by atoms with Crippen molar-refractivity contribution >= 4 is 17.8 Å². The largest absolute Gasteiger partial charge is 0.489 e. The Morgan fingerprint density at radius 2 is 1.78 bits per heavy atom. The molecule has 0 radical (unpaired) electrons. The third-order valence-electron chi connectivity index (χ3n) is 4.29. The molecule has 2 aromatic carbocycles. The first-order valence-corrected chi connectivity index (χ1v) is 9.37. The molecule has 0 spiro atoms. The molecule has 0 fully saturated rings. The number of hydrogen-bond donors (Lipinski definition) is 0. The molecule has 0 aliphatic rings. The Balaban J connectivity index is 2.19. The molecule has 5 nitrogen and oxygen atoms in total. The molecular weight excluding hydrogens is 340 g/mol. The van der Waals surface area contributed by atoms with E-state index in [0.717, 1.165) is 36.3 Å². The highest BCUT2D eigenvalue weighted by Crippen LogP contribution is 2.25. The highest BCUT2D eigenvalue weighted by molar-refractivity contribution is 6.32. The van der Waals surface area contributed by atoms with E-state index >= 15 is 0 Å². The van der Waals surface area contributed by atoms with Gasteiger partial charge >= 0.3 is 0 Å². The lowest BCUT2D eigenvalue weighted by Crippen LogP contribution is -2.32. The Bertz CT molecular complexity index is 759. The molecule has 144 valence electrons. The van der Waals surface area contributed by atoms with Gasteiger partial charge in [0, 0.05) is 12.1 Å². The molecule has 5 heteroatoms. The van der Waals surface area contributed by atoms with Gasteiger partial charge in [0.15, 0.2) is 0 Å². The summed E-state index contributed by atoms with van der Waals surface area (Å²) in [5.41, 5.74) is 2.98. The SMILES string of the molecule is CCCCc1ccccc1OCc1ccccc1N(CC)C(=O)C=NOC. The van der Waals surface area contributed by atoms with E-state index in [1.807, 2.05) is 49.4 Å². The average Bonchev–Trinajstić information content (AvgIpc) is 2.71. The Labute approximate surface area is 161 Å². The number of rotatable bonds is 10. The third kappa shape index (κ3) is 5.84. The van der Waals surface area contributed by atoms with E-state index in [1.165, 1.54) is 18.9 Å². The lowest BCUT2D eigenvalue weighted by Gasteiger charge is -2.22. The average molecular weight is 368 g/mol. The second-order valence-electron chi connectivity index (χ2n) is 6.13. The number of unbranched alkanes of at least 4 members (excludes halogenated alkanes) is 1. The molecule has 2 aromatic rings. The van der Waals surface area contributed by atoms with Crippen molar-refractivity contribution in [3.63, 3.8) is 0 Å². The highest BCUT2D eigenvalue weighted by atomic mass is 16.6. The van der Waals surface area contributed by atoms with Gasteiger partial charge in [0.1, 0.15) is 25.7 Å². The molecule has 0 bridgehead atoms. The molecule has 0 heterocycles. The van der Waals surface area contributed by atoms with E-state index in [2.05, 4.69) is 23.0 Å². The molecule has 0 aliphatic heterocycles. The van der Waals surface area contributed by atoms with Crippen LogP contribution in [0.2, 0.25) is 0 Å². The van der Waals surface area contributed by atoms with Crippen LogP contribution in [-0.4, -0.2) is 25.8 Å². The number of benzene rings is 2. The van der Waals surface area contributed by atoms with Gasteiger partial charge < -0.3 is 14.5 Å². The van der Waals surface area contributed by atoms with Crippen LogP contribution >= 0.6 is 0 Å². The summed E-state index contributed by atoms with van der Waals surface area (Å²) in [5.74, 6) is 0.672. The molecular formula is C22H28N2O3. The van der Waals surface area contributed by atoms with Crippen molar-refractivity contribution < 1.29 is 14.4 Å². The number of aryl methyl sites for hydroxylation is 1. The number of anilines is 1. The molecule has 0 N–H and O–H groups in total. The maximum atomic E-state index is 12.4. The minimum absolute atomic E-state index is 0.227. The van der Waals surface area contributed by atoms with Gasteiger partial charge in [-0.05, 0) is 37.5 Å². The summed E-state index contributed by atoms with van der Waals surface area (Å²) >= 11 is 0. The van der Waals surface area contributed by atoms with Crippen LogP contribution in [0.25, 0.3) is 0 Å². The fourth-order valence-corrected chi connectivity index (χ4v) is 2.88. The van der Waals surface area contributed by atoms with Crippen molar-refractivity contribution in [2.45, 2.75) is 39.7 Å². The molecule has 0 saturated heterocycles. The van der Waals surface area contributed by atoms with Crippen LogP contribution in [0.5, 0.6) is 5.75 Å². The number of oxime groups is 1. The smallest absolute Gasteiger partial charge is 0.272 e. The second kappa shape index (κ2) is 11.0. The van der Waals surface area contributed by atoms with E-state index in [1.54, 1.807) is 4.90 Å². The van der Waals surface area contributed by atoms with Crippen LogP contribution < -0.4 is 9.64 Å². The van der Waals surface area contributed by atoms with Crippen molar-refractivity contribution in [1.29, 1.82) is 0 Å². The van der Waals surface area contributed by atoms with Gasteiger partial charge in [0.2, 0.25) is 0 Å². The zero-order valence-corrected chi connectivity index (χ0v) is 16.4. The first kappa shape index (κ1) is 20.5. The number of ether oxygens (including phenoxy) is 1. The minimum Gasteiger partial charge on any atom is -0.489 e. The van der Waals surface area contributed by atoms with E-state index in [4.69, 9.17) is 4.74 Å². The maximum Gasteiger partial charge on any atom is 0.272 e. The third-order valence-corrected chi connectivity index (χ3v) is 4.29. The lowest BCUT2D eigenvalue weighted by atomic mass is 10.1. The first-order valence-electron chi connectivity index (χ1n) is 9.37. The van der Waals surface area contributed by atoms with Gasteiger partial charge in [-0.1, -0.05) is 54.9 Å². The Morgan fingerprint density at radius 1 is 1.07 bits per heavy atom. The lowest BCUT2D eigenvalue weighted by molar-refractivity contribution is -0.112. The summed E-state index contributed by atoms with van der Waals surface area (Å²) in [6.45, 7) is 5.03. The molecule has 0 saturated carbocycles. The quantitative estimate of drug-likeness (QED) is 0.455. The zero-order chi connectivity index (χ0) is 19.5. The molecule has 2 rings (SSSR count).